The van der Waals surface area contributed by atoms with Crippen molar-refractivity contribution in [3.05, 3.63) is 48.0 Å². The number of hydrogen-bond donors (Lipinski definition) is 2. The van der Waals surface area contributed by atoms with E-state index in [0.717, 1.165) is 16.2 Å². The molecule has 2 aromatic carbocycles. The Bertz CT molecular complexity index is 1050. The van der Waals surface area contributed by atoms with Gasteiger partial charge in [-0.25, -0.2) is 9.69 Å². The Kier molecular flexibility index (Phi) is 5.65. The van der Waals surface area contributed by atoms with Gasteiger partial charge in [-0.15, -0.1) is 0 Å². The normalized spacial score (nSPS) is 20.2. The van der Waals surface area contributed by atoms with Crippen molar-refractivity contribution in [1.82, 2.24) is 10.2 Å². The Morgan fingerprint density at radius 3 is 2.62 bits per heavy atom. The van der Waals surface area contributed by atoms with E-state index in [0.29, 0.717) is 30.0 Å². The summed E-state index contributed by atoms with van der Waals surface area (Å²) in [6, 6.07) is 11.0. The molecule has 0 radical (unpaired) electrons. The van der Waals surface area contributed by atoms with Gasteiger partial charge in [-0.3, -0.25) is 9.59 Å². The number of hydrogen-bond acceptors (Lipinski definition) is 6. The molecule has 2 atom stereocenters. The van der Waals surface area contributed by atoms with Crippen LogP contribution in [0.1, 0.15) is 25.8 Å². The number of ether oxygens (including phenoxy) is 3. The fourth-order valence-corrected chi connectivity index (χ4v) is 3.75. The number of amides is 4. The molecule has 9 heteroatoms. The minimum atomic E-state index is -1.09. The average molecular weight is 439 g/mol. The predicted octanol–water partition coefficient (Wildman–Crippen LogP) is 2.69. The lowest BCUT2D eigenvalue weighted by Crippen LogP contribution is -2.48. The maximum atomic E-state index is 13.1. The lowest BCUT2D eigenvalue weighted by molar-refractivity contribution is -0.136. The van der Waals surface area contributed by atoms with Crippen LogP contribution >= 0.6 is 0 Å². The Hall–Kier alpha value is -3.75. The largest absolute Gasteiger partial charge is 0.497 e. The van der Waals surface area contributed by atoms with Gasteiger partial charge in [-0.2, -0.15) is 0 Å². The standard InChI is InChI=1S/C23H25N3O6/c1-14(20(27)24-16-6-9-18-19(12-16)32-13-31-18)26-21(28)23(2,25-22(26)29)11-10-15-4-7-17(30-3)8-5-15/h4-9,12,14H,10-11,13H2,1-3H3,(H,24,27)(H,25,29)/t14-,23+/m1/s1. The molecule has 2 aromatic rings. The quantitative estimate of drug-likeness (QED) is 0.643. The van der Waals surface area contributed by atoms with Gasteiger partial charge >= 0.3 is 6.03 Å². The summed E-state index contributed by atoms with van der Waals surface area (Å²) in [6.45, 7) is 3.33. The third-order valence-electron chi connectivity index (χ3n) is 5.77. The molecule has 2 N–H and O–H groups in total. The summed E-state index contributed by atoms with van der Waals surface area (Å²) in [5.41, 5.74) is 0.408. The van der Waals surface area contributed by atoms with Crippen LogP contribution in [0.3, 0.4) is 0 Å². The molecule has 168 valence electrons. The summed E-state index contributed by atoms with van der Waals surface area (Å²) in [7, 11) is 1.60. The molecule has 9 nitrogen and oxygen atoms in total. The van der Waals surface area contributed by atoms with Crippen LogP contribution in [-0.4, -0.2) is 48.2 Å². The molecule has 0 unspecified atom stereocenters. The highest BCUT2D eigenvalue weighted by Crippen LogP contribution is 2.34. The first-order chi connectivity index (χ1) is 15.3. The van der Waals surface area contributed by atoms with Gasteiger partial charge in [0.25, 0.3) is 5.91 Å². The number of fused-ring (bicyclic) bond motifs is 1. The highest BCUT2D eigenvalue weighted by Gasteiger charge is 2.50. The molecule has 2 heterocycles. The highest BCUT2D eigenvalue weighted by atomic mass is 16.7. The summed E-state index contributed by atoms with van der Waals surface area (Å²) in [4.78, 5) is 39.5. The maximum Gasteiger partial charge on any atom is 0.325 e. The third-order valence-corrected chi connectivity index (χ3v) is 5.77. The number of nitrogens with one attached hydrogen (secondary N) is 2. The van der Waals surface area contributed by atoms with Gasteiger partial charge in [0.05, 0.1) is 7.11 Å². The smallest absolute Gasteiger partial charge is 0.325 e. The van der Waals surface area contributed by atoms with Crippen molar-refractivity contribution in [2.24, 2.45) is 0 Å². The zero-order valence-electron chi connectivity index (χ0n) is 18.1. The number of anilines is 1. The molecule has 0 saturated carbocycles. The molecule has 1 saturated heterocycles. The molecule has 0 bridgehead atoms. The molecule has 2 aliphatic heterocycles. The minimum Gasteiger partial charge on any atom is -0.497 e. The third kappa shape index (κ3) is 4.05. The molecular formula is C23H25N3O6. The number of rotatable bonds is 7. The summed E-state index contributed by atoms with van der Waals surface area (Å²) >= 11 is 0. The van der Waals surface area contributed by atoms with Crippen LogP contribution in [0.2, 0.25) is 0 Å². The number of aryl methyl sites for hydroxylation is 1. The number of nitrogens with zero attached hydrogens (tertiary/aromatic N) is 1. The molecule has 0 spiro atoms. The molecule has 4 amide bonds. The van der Waals surface area contributed by atoms with Crippen molar-refractivity contribution in [2.45, 2.75) is 38.3 Å². The van der Waals surface area contributed by atoms with E-state index in [1.54, 1.807) is 32.2 Å². The monoisotopic (exact) mass is 439 g/mol. The van der Waals surface area contributed by atoms with E-state index >= 15 is 0 Å². The van der Waals surface area contributed by atoms with Crippen molar-refractivity contribution < 1.29 is 28.6 Å². The minimum absolute atomic E-state index is 0.126. The first-order valence-corrected chi connectivity index (χ1v) is 10.3. The van der Waals surface area contributed by atoms with Crippen molar-refractivity contribution in [1.29, 1.82) is 0 Å². The fourth-order valence-electron chi connectivity index (χ4n) is 3.75. The SMILES string of the molecule is COc1ccc(CC[C@]2(C)NC(=O)N([C@H](C)C(=O)Nc3ccc4c(c3)OCO4)C2=O)cc1. The van der Waals surface area contributed by atoms with Crippen molar-refractivity contribution in [3.63, 3.8) is 0 Å². The lowest BCUT2D eigenvalue weighted by Gasteiger charge is -2.24. The lowest BCUT2D eigenvalue weighted by atomic mass is 9.93. The van der Waals surface area contributed by atoms with E-state index in [1.165, 1.54) is 6.92 Å². The van der Waals surface area contributed by atoms with Crippen LogP contribution in [0.4, 0.5) is 10.5 Å². The topological polar surface area (TPSA) is 106 Å². The van der Waals surface area contributed by atoms with Gasteiger partial charge in [0, 0.05) is 11.8 Å². The first-order valence-electron chi connectivity index (χ1n) is 10.3. The Morgan fingerprint density at radius 1 is 1.19 bits per heavy atom. The maximum absolute atomic E-state index is 13.1. The Labute approximate surface area is 185 Å². The van der Waals surface area contributed by atoms with E-state index in [9.17, 15) is 14.4 Å². The number of carbonyl (C=O) groups is 3. The van der Waals surface area contributed by atoms with Gasteiger partial charge in [-0.1, -0.05) is 12.1 Å². The van der Waals surface area contributed by atoms with E-state index < -0.39 is 29.4 Å². The summed E-state index contributed by atoms with van der Waals surface area (Å²) < 4.78 is 15.7. The second-order valence-corrected chi connectivity index (χ2v) is 8.02. The van der Waals surface area contributed by atoms with Crippen LogP contribution in [0, 0.1) is 0 Å². The summed E-state index contributed by atoms with van der Waals surface area (Å²) in [5.74, 6) is 0.962. The average Bonchev–Trinajstić information content (AvgIpc) is 3.34. The molecule has 2 aliphatic rings. The highest BCUT2D eigenvalue weighted by molar-refractivity contribution is 6.11. The summed E-state index contributed by atoms with van der Waals surface area (Å²) in [5, 5.41) is 5.48. The molecule has 4 rings (SSSR count). The predicted molar refractivity (Wildman–Crippen MR) is 116 cm³/mol. The van der Waals surface area contributed by atoms with Gasteiger partial charge in [0.1, 0.15) is 17.3 Å². The van der Waals surface area contributed by atoms with Crippen molar-refractivity contribution >= 4 is 23.5 Å². The molecular weight excluding hydrogens is 414 g/mol. The zero-order valence-corrected chi connectivity index (χ0v) is 18.1. The number of carbonyl (C=O) groups excluding carboxylic acids is 3. The van der Waals surface area contributed by atoms with E-state index in [1.807, 2.05) is 24.3 Å². The second kappa shape index (κ2) is 8.41. The van der Waals surface area contributed by atoms with Crippen LogP contribution in [0.25, 0.3) is 0 Å². The second-order valence-electron chi connectivity index (χ2n) is 8.02. The Balaban J connectivity index is 1.41. The van der Waals surface area contributed by atoms with Crippen LogP contribution in [0.15, 0.2) is 42.5 Å². The van der Waals surface area contributed by atoms with Crippen LogP contribution in [0.5, 0.6) is 17.2 Å². The van der Waals surface area contributed by atoms with E-state index in [2.05, 4.69) is 10.6 Å². The number of urea groups is 1. The molecule has 0 aromatic heterocycles. The van der Waals surface area contributed by atoms with Gasteiger partial charge in [0.15, 0.2) is 11.5 Å². The van der Waals surface area contributed by atoms with Crippen LogP contribution in [-0.2, 0) is 16.0 Å². The van der Waals surface area contributed by atoms with Crippen LogP contribution < -0.4 is 24.8 Å². The number of methoxy groups -OCH3 is 1. The van der Waals surface area contributed by atoms with E-state index in [-0.39, 0.29) is 6.79 Å². The first kappa shape index (κ1) is 21.5. The molecule has 1 fully saturated rings. The van der Waals surface area contributed by atoms with Gasteiger partial charge in [0.2, 0.25) is 12.7 Å². The Morgan fingerprint density at radius 2 is 1.91 bits per heavy atom. The van der Waals surface area contributed by atoms with Crippen molar-refractivity contribution in [2.75, 3.05) is 19.2 Å². The van der Waals surface area contributed by atoms with Gasteiger partial charge < -0.3 is 24.8 Å². The van der Waals surface area contributed by atoms with Crippen molar-refractivity contribution in [3.8, 4) is 17.2 Å². The summed E-state index contributed by atoms with van der Waals surface area (Å²) in [6.07, 6.45) is 0.981. The molecule has 0 aliphatic carbocycles. The molecule has 32 heavy (non-hydrogen) atoms. The number of benzene rings is 2. The zero-order chi connectivity index (χ0) is 22.9. The number of imide groups is 1. The fraction of sp³-hybridized carbons (Fsp3) is 0.348. The van der Waals surface area contributed by atoms with E-state index in [4.69, 9.17) is 14.2 Å². The van der Waals surface area contributed by atoms with Gasteiger partial charge in [-0.05, 0) is 56.5 Å².